The first-order valence-corrected chi connectivity index (χ1v) is 7.06. The first kappa shape index (κ1) is 17.2. The molecule has 0 aliphatic carbocycles. The minimum atomic E-state index is -4.71. The summed E-state index contributed by atoms with van der Waals surface area (Å²) < 4.78 is 39.7. The van der Waals surface area contributed by atoms with E-state index in [-0.39, 0.29) is 16.4 Å². The summed E-state index contributed by atoms with van der Waals surface area (Å²) in [6.07, 6.45) is -1.98. The number of hydrogen-bond donors (Lipinski definition) is 1. The first-order valence-electron chi connectivity index (χ1n) is 6.68. The molecule has 0 fully saturated rings. The van der Waals surface area contributed by atoms with Crippen LogP contribution in [0.15, 0.2) is 30.6 Å². The number of anilines is 1. The van der Waals surface area contributed by atoms with Crippen LogP contribution in [0.2, 0.25) is 5.02 Å². The van der Waals surface area contributed by atoms with Crippen molar-refractivity contribution in [1.29, 1.82) is 0 Å². The summed E-state index contributed by atoms with van der Waals surface area (Å²) in [5.74, 6) is -0.970. The van der Waals surface area contributed by atoms with Gasteiger partial charge < -0.3 is 5.32 Å². The highest BCUT2D eigenvalue weighted by Crippen LogP contribution is 2.35. The van der Waals surface area contributed by atoms with Crippen molar-refractivity contribution in [2.75, 3.05) is 5.32 Å². The second-order valence-electron chi connectivity index (χ2n) is 5.13. The lowest BCUT2D eigenvalue weighted by Crippen LogP contribution is -2.21. The molecule has 2 rings (SSSR count). The molecule has 0 saturated carbocycles. The summed E-state index contributed by atoms with van der Waals surface area (Å²) in [4.78, 5) is 19.1. The molecule has 0 radical (unpaired) electrons. The third kappa shape index (κ3) is 4.19. The van der Waals surface area contributed by atoms with Gasteiger partial charge in [0.2, 0.25) is 5.91 Å². The fourth-order valence-corrected chi connectivity index (χ4v) is 1.94. The number of hydrogen-bond acceptors (Lipinski definition) is 3. The topological polar surface area (TPSA) is 54.9 Å². The van der Waals surface area contributed by atoms with Gasteiger partial charge in [0.05, 0.1) is 16.4 Å². The second kappa shape index (κ2) is 6.54. The van der Waals surface area contributed by atoms with E-state index in [9.17, 15) is 18.0 Å². The predicted molar refractivity (Wildman–Crippen MR) is 80.9 cm³/mol. The average molecular weight is 344 g/mol. The number of carbonyl (C=O) groups is 1. The van der Waals surface area contributed by atoms with Gasteiger partial charge >= 0.3 is 6.18 Å². The van der Waals surface area contributed by atoms with E-state index in [1.54, 1.807) is 13.8 Å². The number of halogens is 4. The van der Waals surface area contributed by atoms with Gasteiger partial charge in [-0.1, -0.05) is 25.4 Å². The average Bonchev–Trinajstić information content (AvgIpc) is 2.46. The van der Waals surface area contributed by atoms with Gasteiger partial charge in [-0.25, -0.2) is 4.98 Å². The molecule has 2 aromatic heterocycles. The summed E-state index contributed by atoms with van der Waals surface area (Å²) in [7, 11) is 0. The number of carbonyl (C=O) groups excluding carboxylic acids is 1. The molecule has 0 aliphatic heterocycles. The lowest BCUT2D eigenvalue weighted by atomic mass is 10.1. The van der Waals surface area contributed by atoms with Crippen molar-refractivity contribution in [3.8, 4) is 11.3 Å². The van der Waals surface area contributed by atoms with Gasteiger partial charge in [0.15, 0.2) is 5.69 Å². The minimum absolute atomic E-state index is 0.0647. The van der Waals surface area contributed by atoms with Crippen molar-refractivity contribution in [2.45, 2.75) is 20.0 Å². The monoisotopic (exact) mass is 343 g/mol. The van der Waals surface area contributed by atoms with Crippen molar-refractivity contribution in [3.05, 3.63) is 41.3 Å². The van der Waals surface area contributed by atoms with Crippen LogP contribution in [0.4, 0.5) is 18.9 Å². The SMILES string of the molecule is CC(C)C(=O)Nc1ccc(-c2cncc(Cl)c2)nc1C(F)(F)F. The van der Waals surface area contributed by atoms with Gasteiger partial charge in [-0.3, -0.25) is 9.78 Å². The van der Waals surface area contributed by atoms with Crippen LogP contribution in [-0.4, -0.2) is 15.9 Å². The Bertz CT molecular complexity index is 732. The molecule has 0 bridgehead atoms. The third-order valence-corrected chi connectivity index (χ3v) is 3.15. The van der Waals surface area contributed by atoms with E-state index in [1.807, 2.05) is 0 Å². The number of aromatic nitrogens is 2. The maximum Gasteiger partial charge on any atom is 0.435 e. The maximum absolute atomic E-state index is 13.2. The quantitative estimate of drug-likeness (QED) is 0.898. The molecule has 0 spiro atoms. The van der Waals surface area contributed by atoms with Gasteiger partial charge in [-0.05, 0) is 18.2 Å². The van der Waals surface area contributed by atoms with Crippen molar-refractivity contribution in [1.82, 2.24) is 9.97 Å². The Labute approximate surface area is 135 Å². The molecule has 0 unspecified atom stereocenters. The van der Waals surface area contributed by atoms with E-state index in [0.29, 0.717) is 5.56 Å². The zero-order valence-corrected chi connectivity index (χ0v) is 13.0. The van der Waals surface area contributed by atoms with Gasteiger partial charge in [0.25, 0.3) is 0 Å². The molecule has 8 heteroatoms. The molecule has 2 heterocycles. The molecular formula is C15H13ClF3N3O. The summed E-state index contributed by atoms with van der Waals surface area (Å²) in [5, 5.41) is 2.53. The Morgan fingerprint density at radius 1 is 1.26 bits per heavy atom. The van der Waals surface area contributed by atoms with Crippen molar-refractivity contribution >= 4 is 23.2 Å². The minimum Gasteiger partial charge on any atom is -0.324 e. The van der Waals surface area contributed by atoms with Gasteiger partial charge in [-0.2, -0.15) is 13.2 Å². The van der Waals surface area contributed by atoms with E-state index in [1.165, 1.54) is 30.6 Å². The van der Waals surface area contributed by atoms with Crippen LogP contribution in [0.25, 0.3) is 11.3 Å². The fraction of sp³-hybridized carbons (Fsp3) is 0.267. The molecule has 0 aliphatic rings. The number of alkyl halides is 3. The number of rotatable bonds is 3. The number of nitrogens with zero attached hydrogens (tertiary/aromatic N) is 2. The van der Waals surface area contributed by atoms with Crippen molar-refractivity contribution in [2.24, 2.45) is 5.92 Å². The molecular weight excluding hydrogens is 331 g/mol. The van der Waals surface area contributed by atoms with Crippen LogP contribution < -0.4 is 5.32 Å². The molecule has 2 aromatic rings. The van der Waals surface area contributed by atoms with Crippen LogP contribution in [0.5, 0.6) is 0 Å². The molecule has 4 nitrogen and oxygen atoms in total. The summed E-state index contributed by atoms with van der Waals surface area (Å²) in [6.45, 7) is 3.17. The Kier molecular flexibility index (Phi) is 4.89. The van der Waals surface area contributed by atoms with E-state index in [0.717, 1.165) is 0 Å². The molecule has 0 atom stereocenters. The zero-order valence-electron chi connectivity index (χ0n) is 12.3. The van der Waals surface area contributed by atoms with E-state index in [2.05, 4.69) is 15.3 Å². The first-order chi connectivity index (χ1) is 10.7. The fourth-order valence-electron chi connectivity index (χ4n) is 1.77. The van der Waals surface area contributed by atoms with E-state index < -0.39 is 23.7 Å². The lowest BCUT2D eigenvalue weighted by Gasteiger charge is -2.15. The van der Waals surface area contributed by atoms with Crippen LogP contribution in [0, 0.1) is 5.92 Å². The van der Waals surface area contributed by atoms with E-state index >= 15 is 0 Å². The van der Waals surface area contributed by atoms with Gasteiger partial charge in [-0.15, -0.1) is 0 Å². The number of pyridine rings is 2. The Hall–Kier alpha value is -2.15. The number of nitrogens with one attached hydrogen (secondary N) is 1. The standard InChI is InChI=1S/C15H13ClF3N3O/c1-8(2)14(23)22-12-4-3-11(21-13(12)15(17,18)19)9-5-10(16)7-20-6-9/h3-8H,1-2H3,(H,22,23). The lowest BCUT2D eigenvalue weighted by molar-refractivity contribution is -0.140. The highest BCUT2D eigenvalue weighted by molar-refractivity contribution is 6.30. The summed E-state index contributed by atoms with van der Waals surface area (Å²) in [6, 6.07) is 4.01. The Morgan fingerprint density at radius 2 is 1.96 bits per heavy atom. The smallest absolute Gasteiger partial charge is 0.324 e. The van der Waals surface area contributed by atoms with E-state index in [4.69, 9.17) is 11.6 Å². The predicted octanol–water partition coefficient (Wildman–Crippen LogP) is 4.41. The number of amides is 1. The maximum atomic E-state index is 13.2. The second-order valence-corrected chi connectivity index (χ2v) is 5.56. The highest BCUT2D eigenvalue weighted by atomic mass is 35.5. The van der Waals surface area contributed by atoms with Crippen LogP contribution in [0.1, 0.15) is 19.5 Å². The summed E-state index contributed by atoms with van der Waals surface area (Å²) in [5.41, 5.74) is -1.13. The van der Waals surface area contributed by atoms with Crippen molar-refractivity contribution in [3.63, 3.8) is 0 Å². The highest BCUT2D eigenvalue weighted by Gasteiger charge is 2.36. The molecule has 23 heavy (non-hydrogen) atoms. The largest absolute Gasteiger partial charge is 0.435 e. The third-order valence-electron chi connectivity index (χ3n) is 2.95. The van der Waals surface area contributed by atoms with Crippen LogP contribution >= 0.6 is 11.6 Å². The van der Waals surface area contributed by atoms with Crippen molar-refractivity contribution < 1.29 is 18.0 Å². The normalized spacial score (nSPS) is 11.6. The molecule has 0 saturated heterocycles. The van der Waals surface area contributed by atoms with Gasteiger partial charge in [0, 0.05) is 23.9 Å². The summed E-state index contributed by atoms with van der Waals surface area (Å²) >= 11 is 5.79. The molecule has 0 aromatic carbocycles. The molecule has 1 amide bonds. The Morgan fingerprint density at radius 3 is 2.52 bits per heavy atom. The molecule has 122 valence electrons. The Balaban J connectivity index is 2.48. The van der Waals surface area contributed by atoms with Crippen LogP contribution in [-0.2, 0) is 11.0 Å². The van der Waals surface area contributed by atoms with Gasteiger partial charge in [0.1, 0.15) is 0 Å². The zero-order chi connectivity index (χ0) is 17.2. The van der Waals surface area contributed by atoms with Crippen LogP contribution in [0.3, 0.4) is 0 Å². The molecule has 1 N–H and O–H groups in total.